The zero-order valence-corrected chi connectivity index (χ0v) is 8.54. The van der Waals surface area contributed by atoms with Crippen LogP contribution in [-0.4, -0.2) is 5.91 Å². The molecule has 1 aliphatic rings. The largest absolute Gasteiger partial charge is 0.326 e. The summed E-state index contributed by atoms with van der Waals surface area (Å²) in [5.41, 5.74) is 2.20. The molecule has 1 aliphatic heterocycles. The Kier molecular flexibility index (Phi) is 2.04. The van der Waals surface area contributed by atoms with Gasteiger partial charge in [-0.05, 0) is 11.6 Å². The number of alkyl halides is 1. The van der Waals surface area contributed by atoms with Gasteiger partial charge >= 0.3 is 0 Å². The lowest BCUT2D eigenvalue weighted by Crippen LogP contribution is -2.19. The molecule has 1 aromatic carbocycles. The smallest absolute Gasteiger partial charge is 0.225 e. The molecule has 1 N–H and O–H groups in total. The van der Waals surface area contributed by atoms with Crippen molar-refractivity contribution in [1.29, 1.82) is 0 Å². The molecule has 2 rings (SSSR count). The number of para-hydroxylation sites is 1. The minimum absolute atomic E-state index is 0.119. The fraction of sp³-hybridized carbons (Fsp3) is 0.222. The van der Waals surface area contributed by atoms with Crippen molar-refractivity contribution in [3.05, 3.63) is 29.8 Å². The highest BCUT2D eigenvalue weighted by Crippen LogP contribution is 2.36. The highest BCUT2D eigenvalue weighted by atomic mass is 127. The molecule has 1 heterocycles. The number of nitrogens with one attached hydrogen (secondary N) is 1. The van der Waals surface area contributed by atoms with Gasteiger partial charge < -0.3 is 5.32 Å². The third-order valence-electron chi connectivity index (χ3n) is 1.94. The van der Waals surface area contributed by atoms with Crippen LogP contribution < -0.4 is 5.32 Å². The second kappa shape index (κ2) is 3.05. The van der Waals surface area contributed by atoms with Crippen molar-refractivity contribution in [1.82, 2.24) is 0 Å². The van der Waals surface area contributed by atoms with Gasteiger partial charge in [-0.3, -0.25) is 4.79 Å². The van der Waals surface area contributed by atoms with E-state index in [4.69, 9.17) is 0 Å². The lowest BCUT2D eigenvalue weighted by atomic mass is 10.0. The van der Waals surface area contributed by atoms with Crippen LogP contribution in [0.4, 0.5) is 5.69 Å². The Labute approximate surface area is 84.5 Å². The quantitative estimate of drug-likeness (QED) is 0.571. The number of hydrogen-bond donors (Lipinski definition) is 1. The number of carbonyl (C=O) groups is 1. The Balaban J connectivity index is 2.47. The lowest BCUT2D eigenvalue weighted by Gasteiger charge is -2.20. The summed E-state index contributed by atoms with van der Waals surface area (Å²) in [4.78, 5) is 11.1. The molecule has 0 bridgehead atoms. The molecule has 0 saturated carbocycles. The summed E-state index contributed by atoms with van der Waals surface area (Å²) in [5, 5.41) is 2.85. The normalized spacial score (nSPS) is 21.4. The maximum Gasteiger partial charge on any atom is 0.225 e. The maximum absolute atomic E-state index is 11.1. The van der Waals surface area contributed by atoms with Gasteiger partial charge in [-0.2, -0.15) is 0 Å². The fourth-order valence-electron chi connectivity index (χ4n) is 1.36. The zero-order chi connectivity index (χ0) is 8.55. The first-order chi connectivity index (χ1) is 5.77. The van der Waals surface area contributed by atoms with Crippen LogP contribution in [-0.2, 0) is 4.79 Å². The van der Waals surface area contributed by atoms with E-state index in [1.54, 1.807) is 0 Å². The van der Waals surface area contributed by atoms with E-state index < -0.39 is 0 Å². The zero-order valence-electron chi connectivity index (χ0n) is 6.38. The summed E-state index contributed by atoms with van der Waals surface area (Å²) in [6, 6.07) is 7.94. The van der Waals surface area contributed by atoms with E-state index >= 15 is 0 Å². The van der Waals surface area contributed by atoms with Gasteiger partial charge in [0.25, 0.3) is 0 Å². The van der Waals surface area contributed by atoms with E-state index in [1.807, 2.05) is 18.2 Å². The van der Waals surface area contributed by atoms with Gasteiger partial charge in [0.1, 0.15) is 0 Å². The SMILES string of the molecule is O=C1CC(I)c2ccccc2N1. The van der Waals surface area contributed by atoms with Crippen LogP contribution in [0.2, 0.25) is 0 Å². The number of rotatable bonds is 0. The molecule has 0 radical (unpaired) electrons. The number of halogens is 1. The number of amides is 1. The maximum atomic E-state index is 11.1. The lowest BCUT2D eigenvalue weighted by molar-refractivity contribution is -0.116. The van der Waals surface area contributed by atoms with Crippen LogP contribution >= 0.6 is 22.6 Å². The minimum Gasteiger partial charge on any atom is -0.326 e. The monoisotopic (exact) mass is 273 g/mol. The first kappa shape index (κ1) is 8.04. The van der Waals surface area contributed by atoms with Crippen LogP contribution in [0.1, 0.15) is 15.9 Å². The van der Waals surface area contributed by atoms with Crippen molar-refractivity contribution < 1.29 is 4.79 Å². The third-order valence-corrected chi connectivity index (χ3v) is 3.05. The molecule has 0 spiro atoms. The number of carbonyl (C=O) groups excluding carboxylic acids is 1. The Morgan fingerprint density at radius 1 is 1.42 bits per heavy atom. The van der Waals surface area contributed by atoms with Crippen LogP contribution in [0, 0.1) is 0 Å². The highest BCUT2D eigenvalue weighted by molar-refractivity contribution is 14.1. The fourth-order valence-corrected chi connectivity index (χ4v) is 2.30. The number of anilines is 1. The molecule has 1 amide bonds. The molecule has 12 heavy (non-hydrogen) atoms. The van der Waals surface area contributed by atoms with Crippen molar-refractivity contribution in [2.45, 2.75) is 10.3 Å². The van der Waals surface area contributed by atoms with Gasteiger partial charge in [0.2, 0.25) is 5.91 Å². The Hall–Kier alpha value is -0.580. The summed E-state index contributed by atoms with van der Waals surface area (Å²) in [6.45, 7) is 0. The standard InChI is InChI=1S/C9H8INO/c10-7-5-9(12)11-8-4-2-1-3-6(7)8/h1-4,7H,5H2,(H,11,12). The number of hydrogen-bond acceptors (Lipinski definition) is 1. The van der Waals surface area contributed by atoms with E-state index in [2.05, 4.69) is 34.0 Å². The predicted molar refractivity (Wildman–Crippen MR) is 56.4 cm³/mol. The molecule has 1 aromatic rings. The second-order valence-electron chi connectivity index (χ2n) is 2.81. The van der Waals surface area contributed by atoms with Gasteiger partial charge in [-0.15, -0.1) is 0 Å². The summed E-state index contributed by atoms with van der Waals surface area (Å²) >= 11 is 2.30. The topological polar surface area (TPSA) is 29.1 Å². The molecule has 1 atom stereocenters. The molecular formula is C9H8INO. The van der Waals surface area contributed by atoms with E-state index in [9.17, 15) is 4.79 Å². The van der Waals surface area contributed by atoms with E-state index in [1.165, 1.54) is 5.56 Å². The van der Waals surface area contributed by atoms with Crippen molar-refractivity contribution >= 4 is 34.2 Å². The molecule has 0 aliphatic carbocycles. The highest BCUT2D eigenvalue weighted by Gasteiger charge is 2.21. The summed E-state index contributed by atoms with van der Waals surface area (Å²) in [6.07, 6.45) is 0.595. The van der Waals surface area contributed by atoms with Crippen molar-refractivity contribution in [3.63, 3.8) is 0 Å². The molecule has 0 fully saturated rings. The second-order valence-corrected chi connectivity index (χ2v) is 4.31. The molecule has 0 aromatic heterocycles. The molecule has 3 heteroatoms. The van der Waals surface area contributed by atoms with E-state index in [-0.39, 0.29) is 5.91 Å². The van der Waals surface area contributed by atoms with Gasteiger partial charge in [0, 0.05) is 16.0 Å². The third kappa shape index (κ3) is 1.33. The van der Waals surface area contributed by atoms with E-state index in [0.717, 1.165) is 5.69 Å². The summed E-state index contributed by atoms with van der Waals surface area (Å²) in [5.74, 6) is 0.119. The summed E-state index contributed by atoms with van der Waals surface area (Å²) < 4.78 is 0.326. The Morgan fingerprint density at radius 2 is 2.17 bits per heavy atom. The van der Waals surface area contributed by atoms with Crippen LogP contribution in [0.3, 0.4) is 0 Å². The molecule has 1 unspecified atom stereocenters. The predicted octanol–water partition coefficient (Wildman–Crippen LogP) is 2.50. The number of fused-ring (bicyclic) bond motifs is 1. The number of benzene rings is 1. The molecule has 0 saturated heterocycles. The first-order valence-electron chi connectivity index (χ1n) is 3.80. The van der Waals surface area contributed by atoms with Crippen LogP contribution in [0.15, 0.2) is 24.3 Å². The Bertz CT molecular complexity index is 324. The van der Waals surface area contributed by atoms with Crippen molar-refractivity contribution in [3.8, 4) is 0 Å². The molecule has 62 valence electrons. The van der Waals surface area contributed by atoms with Gasteiger partial charge in [-0.1, -0.05) is 40.8 Å². The first-order valence-corrected chi connectivity index (χ1v) is 5.05. The van der Waals surface area contributed by atoms with Gasteiger partial charge in [-0.25, -0.2) is 0 Å². The average molecular weight is 273 g/mol. The molecule has 2 nitrogen and oxygen atoms in total. The van der Waals surface area contributed by atoms with Gasteiger partial charge in [0.15, 0.2) is 0 Å². The molecular weight excluding hydrogens is 265 g/mol. The Morgan fingerprint density at radius 3 is 3.00 bits per heavy atom. The van der Waals surface area contributed by atoms with Crippen molar-refractivity contribution in [2.24, 2.45) is 0 Å². The average Bonchev–Trinajstić information content (AvgIpc) is 2.04. The minimum atomic E-state index is 0.119. The summed E-state index contributed by atoms with van der Waals surface area (Å²) in [7, 11) is 0. The van der Waals surface area contributed by atoms with Crippen LogP contribution in [0.5, 0.6) is 0 Å². The van der Waals surface area contributed by atoms with Crippen molar-refractivity contribution in [2.75, 3.05) is 5.32 Å². The van der Waals surface area contributed by atoms with E-state index in [0.29, 0.717) is 10.3 Å². The van der Waals surface area contributed by atoms with Gasteiger partial charge in [0.05, 0.1) is 0 Å². The van der Waals surface area contributed by atoms with Crippen LogP contribution in [0.25, 0.3) is 0 Å².